The molecule has 0 spiro atoms. The summed E-state index contributed by atoms with van der Waals surface area (Å²) in [4.78, 5) is 1.40. The third kappa shape index (κ3) is 1.57. The molecule has 0 nitrogen and oxygen atoms in total. The fraction of sp³-hybridized carbons (Fsp3) is 0.385. The van der Waals surface area contributed by atoms with Crippen molar-refractivity contribution in [1.82, 2.24) is 0 Å². The molecule has 14 heavy (non-hydrogen) atoms. The first kappa shape index (κ1) is 9.72. The van der Waals surface area contributed by atoms with E-state index in [9.17, 15) is 0 Å². The third-order valence-corrected chi connectivity index (χ3v) is 3.57. The smallest absolute Gasteiger partial charge is 0.0382 e. The number of fused-ring (bicyclic) bond motifs is 1. The predicted molar refractivity (Wildman–Crippen MR) is 65.3 cm³/mol. The van der Waals surface area contributed by atoms with Gasteiger partial charge >= 0.3 is 0 Å². The lowest BCUT2D eigenvalue weighted by Crippen LogP contribution is -2.10. The molecule has 0 fully saturated rings. The van der Waals surface area contributed by atoms with Crippen molar-refractivity contribution >= 4 is 21.4 Å². The van der Waals surface area contributed by atoms with Gasteiger partial charge in [0.05, 0.1) is 0 Å². The van der Waals surface area contributed by atoms with E-state index < -0.39 is 0 Å². The molecule has 2 rings (SSSR count). The molecular weight excluding hydrogens is 188 g/mol. The maximum absolute atomic E-state index is 2.27. The van der Waals surface area contributed by atoms with E-state index in [-0.39, 0.29) is 5.41 Å². The van der Waals surface area contributed by atoms with Crippen LogP contribution in [0.3, 0.4) is 0 Å². The first-order chi connectivity index (χ1) is 6.48. The van der Waals surface area contributed by atoms with Crippen LogP contribution in [0.4, 0.5) is 0 Å². The van der Waals surface area contributed by atoms with Crippen molar-refractivity contribution in [1.29, 1.82) is 0 Å². The fourth-order valence-corrected chi connectivity index (χ4v) is 3.02. The van der Waals surface area contributed by atoms with Crippen LogP contribution in [0.2, 0.25) is 0 Å². The normalized spacial score (nSPS) is 12.3. The van der Waals surface area contributed by atoms with E-state index >= 15 is 0 Å². The van der Waals surface area contributed by atoms with Crippen molar-refractivity contribution in [3.8, 4) is 0 Å². The molecule has 1 aromatic carbocycles. The number of benzene rings is 1. The molecule has 1 heteroatoms. The van der Waals surface area contributed by atoms with Crippen LogP contribution >= 0.6 is 11.3 Å². The van der Waals surface area contributed by atoms with Crippen LogP contribution < -0.4 is 0 Å². The average molecular weight is 204 g/mol. The fourth-order valence-electron chi connectivity index (χ4n) is 1.78. The van der Waals surface area contributed by atoms with Crippen molar-refractivity contribution in [3.05, 3.63) is 34.7 Å². The lowest BCUT2D eigenvalue weighted by Gasteiger charge is -2.19. The lowest BCUT2D eigenvalue weighted by atomic mass is 9.86. The molecule has 0 unspecified atom stereocenters. The molecule has 2 aromatic rings. The van der Waals surface area contributed by atoms with Crippen molar-refractivity contribution in [2.45, 2.75) is 33.1 Å². The van der Waals surface area contributed by atoms with Crippen LogP contribution in [0.25, 0.3) is 10.1 Å². The first-order valence-electron chi connectivity index (χ1n) is 4.98. The van der Waals surface area contributed by atoms with Gasteiger partial charge in [-0.05, 0) is 29.4 Å². The monoisotopic (exact) mass is 204 g/mol. The molecule has 0 saturated heterocycles. The van der Waals surface area contributed by atoms with Gasteiger partial charge in [0.15, 0.2) is 0 Å². The van der Waals surface area contributed by atoms with Crippen molar-refractivity contribution in [2.75, 3.05) is 0 Å². The van der Waals surface area contributed by atoms with E-state index in [1.165, 1.54) is 20.5 Å². The molecule has 0 saturated carbocycles. The van der Waals surface area contributed by atoms with E-state index in [0.29, 0.717) is 0 Å². The highest BCUT2D eigenvalue weighted by Crippen LogP contribution is 2.34. The topological polar surface area (TPSA) is 0 Å². The second-order valence-corrected chi connectivity index (χ2v) is 6.09. The largest absolute Gasteiger partial charge is 0.140 e. The van der Waals surface area contributed by atoms with Crippen LogP contribution in [0.15, 0.2) is 24.3 Å². The molecule has 0 aliphatic heterocycles. The highest BCUT2D eigenvalue weighted by molar-refractivity contribution is 7.19. The van der Waals surface area contributed by atoms with Gasteiger partial charge in [-0.25, -0.2) is 0 Å². The van der Waals surface area contributed by atoms with Crippen LogP contribution in [0, 0.1) is 6.92 Å². The van der Waals surface area contributed by atoms with Gasteiger partial charge in [0.25, 0.3) is 0 Å². The van der Waals surface area contributed by atoms with Gasteiger partial charge in [0, 0.05) is 9.58 Å². The first-order valence-corrected chi connectivity index (χ1v) is 5.80. The zero-order chi connectivity index (χ0) is 10.3. The lowest BCUT2D eigenvalue weighted by molar-refractivity contribution is 0.597. The average Bonchev–Trinajstić information content (AvgIpc) is 2.41. The molecular formula is C13H16S. The molecule has 0 atom stereocenters. The maximum Gasteiger partial charge on any atom is 0.0382 e. The van der Waals surface area contributed by atoms with Gasteiger partial charge in [-0.2, -0.15) is 0 Å². The zero-order valence-corrected chi connectivity index (χ0v) is 10.0. The zero-order valence-electron chi connectivity index (χ0n) is 9.22. The van der Waals surface area contributed by atoms with Gasteiger partial charge in [0.1, 0.15) is 0 Å². The van der Waals surface area contributed by atoms with Crippen LogP contribution in [-0.2, 0) is 5.41 Å². The number of hydrogen-bond donors (Lipinski definition) is 0. The number of hydrogen-bond acceptors (Lipinski definition) is 1. The Balaban J connectivity index is 2.77. The summed E-state index contributed by atoms with van der Waals surface area (Å²) in [6.07, 6.45) is 0. The summed E-state index contributed by atoms with van der Waals surface area (Å²) in [6.45, 7) is 9.00. The van der Waals surface area contributed by atoms with Crippen molar-refractivity contribution in [2.24, 2.45) is 0 Å². The summed E-state index contributed by atoms with van der Waals surface area (Å²) in [5.41, 5.74) is 1.71. The minimum atomic E-state index is 0.247. The summed E-state index contributed by atoms with van der Waals surface area (Å²) < 4.78 is 1.46. The van der Waals surface area contributed by atoms with Crippen LogP contribution in [0.1, 0.15) is 31.2 Å². The third-order valence-electron chi connectivity index (χ3n) is 2.48. The van der Waals surface area contributed by atoms with Gasteiger partial charge < -0.3 is 0 Å². The van der Waals surface area contributed by atoms with E-state index in [1.807, 2.05) is 11.3 Å². The Hall–Kier alpha value is -0.820. The number of rotatable bonds is 0. The highest BCUT2D eigenvalue weighted by atomic mass is 32.1. The minimum absolute atomic E-state index is 0.247. The second kappa shape index (κ2) is 3.09. The van der Waals surface area contributed by atoms with Gasteiger partial charge in [-0.15, -0.1) is 11.3 Å². The minimum Gasteiger partial charge on any atom is -0.140 e. The van der Waals surface area contributed by atoms with Crippen LogP contribution in [-0.4, -0.2) is 0 Å². The Bertz CT molecular complexity index is 458. The SMILES string of the molecule is Cc1cc2cccc(C(C)(C)C)c2s1. The second-order valence-electron chi connectivity index (χ2n) is 4.83. The molecule has 0 radical (unpaired) electrons. The molecule has 0 aliphatic carbocycles. The van der Waals surface area contributed by atoms with E-state index in [0.717, 1.165) is 0 Å². The Morgan fingerprint density at radius 2 is 1.86 bits per heavy atom. The van der Waals surface area contributed by atoms with E-state index in [1.54, 1.807) is 0 Å². The number of thiophene rings is 1. The molecule has 0 aliphatic rings. The molecule has 1 aromatic heterocycles. The summed E-state index contributed by atoms with van der Waals surface area (Å²) >= 11 is 1.91. The maximum atomic E-state index is 2.27. The van der Waals surface area contributed by atoms with Crippen molar-refractivity contribution in [3.63, 3.8) is 0 Å². The molecule has 0 bridgehead atoms. The van der Waals surface area contributed by atoms with E-state index in [2.05, 4.69) is 52.0 Å². The highest BCUT2D eigenvalue weighted by Gasteiger charge is 2.17. The number of aryl methyl sites for hydroxylation is 1. The summed E-state index contributed by atoms with van der Waals surface area (Å²) in [6, 6.07) is 8.89. The molecule has 74 valence electrons. The Morgan fingerprint density at radius 3 is 2.50 bits per heavy atom. The standard InChI is InChI=1S/C13H16S/c1-9-8-10-6-5-7-11(12(10)14-9)13(2,3)4/h5-8H,1-4H3. The quantitative estimate of drug-likeness (QED) is 0.592. The Labute approximate surface area is 89.6 Å². The summed E-state index contributed by atoms with van der Waals surface area (Å²) in [7, 11) is 0. The van der Waals surface area contributed by atoms with Gasteiger partial charge in [-0.3, -0.25) is 0 Å². The molecule has 1 heterocycles. The van der Waals surface area contributed by atoms with Crippen molar-refractivity contribution < 1.29 is 0 Å². The van der Waals surface area contributed by atoms with Crippen LogP contribution in [0.5, 0.6) is 0 Å². The molecule has 0 N–H and O–H groups in total. The predicted octanol–water partition coefficient (Wildman–Crippen LogP) is 4.51. The van der Waals surface area contributed by atoms with Gasteiger partial charge in [-0.1, -0.05) is 39.0 Å². The van der Waals surface area contributed by atoms with Gasteiger partial charge in [0.2, 0.25) is 0 Å². The van der Waals surface area contributed by atoms with E-state index in [4.69, 9.17) is 0 Å². The summed E-state index contributed by atoms with van der Waals surface area (Å²) in [5.74, 6) is 0. The Morgan fingerprint density at radius 1 is 1.14 bits per heavy atom. The summed E-state index contributed by atoms with van der Waals surface area (Å²) in [5, 5.41) is 1.39. The Kier molecular flexibility index (Phi) is 2.15. The molecule has 0 amide bonds.